The van der Waals surface area contributed by atoms with Crippen molar-refractivity contribution >= 4 is 16.2 Å². The van der Waals surface area contributed by atoms with Crippen molar-refractivity contribution in [1.29, 1.82) is 0 Å². The molecule has 7 heteroatoms. The molecule has 1 aliphatic heterocycles. The average molecular weight is 279 g/mol. The quantitative estimate of drug-likeness (QED) is 0.729. The first kappa shape index (κ1) is 15.2. The SMILES string of the molecule is CCS(=O)(=O)O[C@@H]1CCN(C(=O)OC(C)(C)C)C1. The number of amides is 1. The highest BCUT2D eigenvalue weighted by Gasteiger charge is 2.32. The van der Waals surface area contributed by atoms with Gasteiger partial charge < -0.3 is 9.64 Å². The van der Waals surface area contributed by atoms with E-state index in [1.165, 1.54) is 11.8 Å². The minimum Gasteiger partial charge on any atom is -0.444 e. The van der Waals surface area contributed by atoms with Crippen LogP contribution in [0.5, 0.6) is 0 Å². The largest absolute Gasteiger partial charge is 0.444 e. The minimum atomic E-state index is -3.47. The van der Waals surface area contributed by atoms with Crippen molar-refractivity contribution < 1.29 is 22.1 Å². The number of carbonyl (C=O) groups excluding carboxylic acids is 1. The van der Waals surface area contributed by atoms with Crippen LogP contribution in [0, 0.1) is 0 Å². The molecule has 0 aromatic rings. The van der Waals surface area contributed by atoms with Gasteiger partial charge in [-0.25, -0.2) is 4.79 Å². The van der Waals surface area contributed by atoms with E-state index in [-0.39, 0.29) is 12.3 Å². The molecule has 1 amide bonds. The molecule has 0 N–H and O–H groups in total. The summed E-state index contributed by atoms with van der Waals surface area (Å²) in [5, 5.41) is 0. The van der Waals surface area contributed by atoms with E-state index in [0.717, 1.165) is 0 Å². The summed E-state index contributed by atoms with van der Waals surface area (Å²) in [6, 6.07) is 0. The first-order chi connectivity index (χ1) is 8.13. The van der Waals surface area contributed by atoms with Gasteiger partial charge in [-0.15, -0.1) is 0 Å². The lowest BCUT2D eigenvalue weighted by molar-refractivity contribution is 0.0276. The van der Waals surface area contributed by atoms with E-state index in [4.69, 9.17) is 8.92 Å². The molecule has 1 fully saturated rings. The second-order valence-corrected chi connectivity index (χ2v) is 7.16. The van der Waals surface area contributed by atoms with E-state index < -0.39 is 27.9 Å². The Labute approximate surface area is 108 Å². The van der Waals surface area contributed by atoms with E-state index in [0.29, 0.717) is 13.0 Å². The fraction of sp³-hybridized carbons (Fsp3) is 0.909. The standard InChI is InChI=1S/C11H21NO5S/c1-5-18(14,15)17-9-6-7-12(8-9)10(13)16-11(2,3)4/h9H,5-8H2,1-4H3/t9-/m1/s1. The third kappa shape index (κ3) is 4.81. The summed E-state index contributed by atoms with van der Waals surface area (Å²) in [5.41, 5.74) is -0.550. The van der Waals surface area contributed by atoms with Crippen molar-refractivity contribution in [2.45, 2.75) is 45.8 Å². The Kier molecular flexibility index (Phi) is 4.61. The van der Waals surface area contributed by atoms with E-state index >= 15 is 0 Å². The number of nitrogens with zero attached hydrogens (tertiary/aromatic N) is 1. The molecule has 1 heterocycles. The lowest BCUT2D eigenvalue weighted by Gasteiger charge is -2.24. The molecule has 1 aliphatic rings. The van der Waals surface area contributed by atoms with Crippen molar-refractivity contribution in [3.05, 3.63) is 0 Å². The van der Waals surface area contributed by atoms with Crippen LogP contribution in [0.4, 0.5) is 4.79 Å². The molecule has 0 aromatic carbocycles. The Morgan fingerprint density at radius 2 is 2.00 bits per heavy atom. The van der Waals surface area contributed by atoms with Crippen LogP contribution in [0.25, 0.3) is 0 Å². The molecule has 1 saturated heterocycles. The summed E-state index contributed by atoms with van der Waals surface area (Å²) >= 11 is 0. The minimum absolute atomic E-state index is 0.0596. The van der Waals surface area contributed by atoms with Crippen LogP contribution in [0.3, 0.4) is 0 Å². The van der Waals surface area contributed by atoms with Crippen molar-refractivity contribution in [3.8, 4) is 0 Å². The predicted octanol–water partition coefficient (Wildman–Crippen LogP) is 1.36. The molecule has 0 saturated carbocycles. The van der Waals surface area contributed by atoms with Crippen LogP contribution in [0.2, 0.25) is 0 Å². The number of hydrogen-bond donors (Lipinski definition) is 0. The molecule has 0 aromatic heterocycles. The summed E-state index contributed by atoms with van der Waals surface area (Å²) in [6.07, 6.45) is -0.372. The molecule has 0 bridgehead atoms. The summed E-state index contributed by atoms with van der Waals surface area (Å²) < 4.78 is 32.8. The average Bonchev–Trinajstić information content (AvgIpc) is 2.63. The van der Waals surface area contributed by atoms with Gasteiger partial charge in [0.2, 0.25) is 0 Å². The topological polar surface area (TPSA) is 72.9 Å². The second kappa shape index (κ2) is 5.44. The van der Waals surface area contributed by atoms with Gasteiger partial charge in [-0.05, 0) is 34.1 Å². The fourth-order valence-electron chi connectivity index (χ4n) is 1.57. The number of ether oxygens (including phenoxy) is 1. The Balaban J connectivity index is 2.49. The second-order valence-electron chi connectivity index (χ2n) is 5.28. The summed E-state index contributed by atoms with van der Waals surface area (Å²) in [6.45, 7) is 7.60. The van der Waals surface area contributed by atoms with Gasteiger partial charge in [0.05, 0.1) is 18.4 Å². The van der Waals surface area contributed by atoms with Gasteiger partial charge in [-0.1, -0.05) is 0 Å². The monoisotopic (exact) mass is 279 g/mol. The first-order valence-electron chi connectivity index (χ1n) is 6.02. The van der Waals surface area contributed by atoms with Crippen molar-refractivity contribution in [1.82, 2.24) is 4.90 Å². The fourth-order valence-corrected chi connectivity index (χ4v) is 2.28. The van der Waals surface area contributed by atoms with Gasteiger partial charge in [-0.2, -0.15) is 8.42 Å². The lowest BCUT2D eigenvalue weighted by atomic mass is 10.2. The Morgan fingerprint density at radius 1 is 1.39 bits per heavy atom. The Hall–Kier alpha value is -0.820. The molecule has 106 valence electrons. The maximum absolute atomic E-state index is 11.7. The van der Waals surface area contributed by atoms with Crippen LogP contribution in [0.15, 0.2) is 0 Å². The number of rotatable bonds is 3. The predicted molar refractivity (Wildman–Crippen MR) is 66.8 cm³/mol. The highest BCUT2D eigenvalue weighted by atomic mass is 32.2. The Bertz CT molecular complexity index is 398. The van der Waals surface area contributed by atoms with E-state index in [1.54, 1.807) is 20.8 Å². The van der Waals surface area contributed by atoms with Crippen molar-refractivity contribution in [2.24, 2.45) is 0 Å². The molecular weight excluding hydrogens is 258 g/mol. The molecule has 0 radical (unpaired) electrons. The zero-order chi connectivity index (χ0) is 14.0. The lowest BCUT2D eigenvalue weighted by Crippen LogP contribution is -2.36. The van der Waals surface area contributed by atoms with Crippen LogP contribution in [-0.2, 0) is 19.0 Å². The van der Waals surface area contributed by atoms with Gasteiger partial charge in [-0.3, -0.25) is 4.18 Å². The molecule has 0 spiro atoms. The summed E-state index contributed by atoms with van der Waals surface area (Å²) in [4.78, 5) is 13.2. The molecule has 0 unspecified atom stereocenters. The van der Waals surface area contributed by atoms with Gasteiger partial charge in [0.1, 0.15) is 5.60 Å². The summed E-state index contributed by atoms with van der Waals surface area (Å²) in [5.74, 6) is -0.0596. The zero-order valence-corrected chi connectivity index (χ0v) is 12.1. The third-order valence-electron chi connectivity index (χ3n) is 2.43. The smallest absolute Gasteiger partial charge is 0.410 e. The number of carbonyl (C=O) groups is 1. The van der Waals surface area contributed by atoms with Gasteiger partial charge in [0.25, 0.3) is 10.1 Å². The van der Waals surface area contributed by atoms with Crippen LogP contribution < -0.4 is 0 Å². The maximum Gasteiger partial charge on any atom is 0.410 e. The summed E-state index contributed by atoms with van der Waals surface area (Å²) in [7, 11) is -3.47. The highest BCUT2D eigenvalue weighted by molar-refractivity contribution is 7.86. The van der Waals surface area contributed by atoms with Crippen LogP contribution in [0.1, 0.15) is 34.1 Å². The molecule has 18 heavy (non-hydrogen) atoms. The maximum atomic E-state index is 11.7. The zero-order valence-electron chi connectivity index (χ0n) is 11.3. The van der Waals surface area contributed by atoms with E-state index in [9.17, 15) is 13.2 Å². The van der Waals surface area contributed by atoms with Crippen LogP contribution >= 0.6 is 0 Å². The van der Waals surface area contributed by atoms with Crippen LogP contribution in [-0.4, -0.2) is 50.0 Å². The first-order valence-corrected chi connectivity index (χ1v) is 7.59. The normalized spacial score (nSPS) is 21.1. The van der Waals surface area contributed by atoms with Gasteiger partial charge in [0.15, 0.2) is 0 Å². The van der Waals surface area contributed by atoms with Gasteiger partial charge >= 0.3 is 6.09 Å². The molecular formula is C11H21NO5S. The van der Waals surface area contributed by atoms with Gasteiger partial charge in [0, 0.05) is 6.54 Å². The van der Waals surface area contributed by atoms with Crippen molar-refractivity contribution in [2.75, 3.05) is 18.8 Å². The Morgan fingerprint density at radius 3 is 2.50 bits per heavy atom. The molecule has 1 atom stereocenters. The number of likely N-dealkylation sites (tertiary alicyclic amines) is 1. The third-order valence-corrected chi connectivity index (χ3v) is 3.71. The van der Waals surface area contributed by atoms with Crippen molar-refractivity contribution in [3.63, 3.8) is 0 Å². The number of hydrogen-bond acceptors (Lipinski definition) is 5. The van der Waals surface area contributed by atoms with E-state index in [1.807, 2.05) is 0 Å². The molecule has 6 nitrogen and oxygen atoms in total. The molecule has 0 aliphatic carbocycles. The van der Waals surface area contributed by atoms with E-state index in [2.05, 4.69) is 0 Å². The highest BCUT2D eigenvalue weighted by Crippen LogP contribution is 2.18. The molecule has 1 rings (SSSR count).